The number of aryl methyl sites for hydroxylation is 1. The third kappa shape index (κ3) is 3.20. The van der Waals surface area contributed by atoms with E-state index in [9.17, 15) is 9.59 Å². The highest BCUT2D eigenvalue weighted by molar-refractivity contribution is 5.80. The first-order valence-corrected chi connectivity index (χ1v) is 8.82. The number of aromatic nitrogens is 4. The van der Waals surface area contributed by atoms with Gasteiger partial charge in [-0.3, -0.25) is 9.59 Å². The summed E-state index contributed by atoms with van der Waals surface area (Å²) >= 11 is 0. The molecule has 0 amide bonds. The van der Waals surface area contributed by atoms with Crippen molar-refractivity contribution in [3.8, 4) is 17.1 Å². The maximum Gasteiger partial charge on any atom is 0.316 e. The number of ether oxygens (including phenoxy) is 1. The minimum absolute atomic E-state index is 0.408. The summed E-state index contributed by atoms with van der Waals surface area (Å²) < 4.78 is 12.0. The zero-order valence-electron chi connectivity index (χ0n) is 15.4. The molecule has 142 valence electrons. The molecule has 1 N–H and O–H groups in total. The molecule has 8 nitrogen and oxygen atoms in total. The third-order valence-electron chi connectivity index (χ3n) is 4.51. The van der Waals surface area contributed by atoms with E-state index in [-0.39, 0.29) is 0 Å². The van der Waals surface area contributed by atoms with Gasteiger partial charge in [-0.05, 0) is 42.8 Å². The van der Waals surface area contributed by atoms with Crippen molar-refractivity contribution in [2.75, 3.05) is 7.11 Å². The van der Waals surface area contributed by atoms with E-state index in [1.165, 1.54) is 4.57 Å². The van der Waals surface area contributed by atoms with Crippen LogP contribution >= 0.6 is 0 Å². The average molecular weight is 378 g/mol. The van der Waals surface area contributed by atoms with Crippen molar-refractivity contribution < 1.29 is 9.26 Å². The van der Waals surface area contributed by atoms with Gasteiger partial charge in [0, 0.05) is 12.1 Å². The average Bonchev–Trinajstić information content (AvgIpc) is 3.17. The number of benzene rings is 2. The van der Waals surface area contributed by atoms with Crippen molar-refractivity contribution in [3.05, 3.63) is 74.6 Å². The second kappa shape index (κ2) is 7.15. The molecule has 0 unspecified atom stereocenters. The Balaban J connectivity index is 1.68. The largest absolute Gasteiger partial charge is 0.497 e. The van der Waals surface area contributed by atoms with E-state index < -0.39 is 11.1 Å². The summed E-state index contributed by atoms with van der Waals surface area (Å²) in [6.45, 7) is 2.23. The minimum atomic E-state index is -0.654. The highest BCUT2D eigenvalue weighted by Gasteiger charge is 2.12. The molecule has 8 heteroatoms. The van der Waals surface area contributed by atoms with E-state index in [1.807, 2.05) is 31.2 Å². The van der Waals surface area contributed by atoms with Crippen LogP contribution in [0.25, 0.3) is 22.4 Å². The Hall–Kier alpha value is -3.68. The maximum absolute atomic E-state index is 12.0. The van der Waals surface area contributed by atoms with Crippen LogP contribution in [0, 0.1) is 0 Å². The number of H-pyrrole nitrogens is 1. The molecule has 2 aromatic carbocycles. The Bertz CT molecular complexity index is 1270. The van der Waals surface area contributed by atoms with Crippen LogP contribution in [0.3, 0.4) is 0 Å². The predicted octanol–water partition coefficient (Wildman–Crippen LogP) is 2.36. The normalized spacial score (nSPS) is 11.1. The lowest BCUT2D eigenvalue weighted by molar-refractivity contribution is 0.385. The molecule has 4 aromatic rings. The first kappa shape index (κ1) is 17.7. The molecular formula is C20H18N4O4. The Morgan fingerprint density at radius 2 is 2.04 bits per heavy atom. The third-order valence-corrected chi connectivity index (χ3v) is 4.51. The fourth-order valence-electron chi connectivity index (χ4n) is 3.13. The van der Waals surface area contributed by atoms with Crippen molar-refractivity contribution in [2.24, 2.45) is 0 Å². The Morgan fingerprint density at radius 3 is 2.82 bits per heavy atom. The summed E-state index contributed by atoms with van der Waals surface area (Å²) in [5.41, 5.74) is 1.65. The summed E-state index contributed by atoms with van der Waals surface area (Å²) in [4.78, 5) is 30.9. The second-order valence-electron chi connectivity index (χ2n) is 6.28. The lowest BCUT2D eigenvalue weighted by Crippen LogP contribution is -2.35. The molecule has 2 aromatic heterocycles. The molecule has 0 aliphatic carbocycles. The monoisotopic (exact) mass is 378 g/mol. The zero-order valence-corrected chi connectivity index (χ0v) is 15.4. The van der Waals surface area contributed by atoms with E-state index in [4.69, 9.17) is 9.26 Å². The number of hydrogen-bond acceptors (Lipinski definition) is 6. The van der Waals surface area contributed by atoms with Gasteiger partial charge in [-0.1, -0.05) is 17.3 Å². The standard InChI is InChI=1S/C20H18N4O4/c1-3-24-16-8-7-13(11-15(16)21-19(25)20(24)26)18-22-17(28-23-18)10-12-5-4-6-14(9-12)27-2/h4-9,11H,3,10H2,1-2H3,(H,21,25). The topological polar surface area (TPSA) is 103 Å². The summed E-state index contributed by atoms with van der Waals surface area (Å²) in [5, 5.41) is 4.04. The van der Waals surface area contributed by atoms with E-state index in [0.29, 0.717) is 41.3 Å². The van der Waals surface area contributed by atoms with Crippen LogP contribution in [0.4, 0.5) is 0 Å². The van der Waals surface area contributed by atoms with Gasteiger partial charge < -0.3 is 18.8 Å². The maximum atomic E-state index is 12.0. The Kier molecular flexibility index (Phi) is 4.52. The van der Waals surface area contributed by atoms with Gasteiger partial charge in [-0.2, -0.15) is 4.98 Å². The van der Waals surface area contributed by atoms with Crippen molar-refractivity contribution in [1.82, 2.24) is 19.7 Å². The highest BCUT2D eigenvalue weighted by atomic mass is 16.5. The Labute approximate surface area is 159 Å². The summed E-state index contributed by atoms with van der Waals surface area (Å²) in [6.07, 6.45) is 0.476. The number of nitrogens with zero attached hydrogens (tertiary/aromatic N) is 3. The lowest BCUT2D eigenvalue weighted by atomic mass is 10.1. The van der Waals surface area contributed by atoms with Gasteiger partial charge in [-0.15, -0.1) is 0 Å². The fourth-order valence-corrected chi connectivity index (χ4v) is 3.13. The van der Waals surface area contributed by atoms with Gasteiger partial charge in [0.15, 0.2) is 0 Å². The van der Waals surface area contributed by atoms with Gasteiger partial charge in [0.2, 0.25) is 11.7 Å². The predicted molar refractivity (Wildman–Crippen MR) is 104 cm³/mol. The van der Waals surface area contributed by atoms with Crippen molar-refractivity contribution >= 4 is 11.0 Å². The number of nitrogens with one attached hydrogen (secondary N) is 1. The fraction of sp³-hybridized carbons (Fsp3) is 0.200. The molecule has 0 aliphatic rings. The number of methoxy groups -OCH3 is 1. The van der Waals surface area contributed by atoms with Crippen LogP contribution in [0.1, 0.15) is 18.4 Å². The van der Waals surface area contributed by atoms with Gasteiger partial charge in [0.25, 0.3) is 0 Å². The Morgan fingerprint density at radius 1 is 1.18 bits per heavy atom. The van der Waals surface area contributed by atoms with Crippen LogP contribution in [0.2, 0.25) is 0 Å². The van der Waals surface area contributed by atoms with Crippen LogP contribution < -0.4 is 15.9 Å². The molecule has 0 saturated carbocycles. The van der Waals surface area contributed by atoms with Crippen molar-refractivity contribution in [3.63, 3.8) is 0 Å². The van der Waals surface area contributed by atoms with Crippen molar-refractivity contribution in [2.45, 2.75) is 19.9 Å². The summed E-state index contributed by atoms with van der Waals surface area (Å²) in [5.74, 6) is 1.64. The quantitative estimate of drug-likeness (QED) is 0.535. The number of aromatic amines is 1. The molecule has 0 aliphatic heterocycles. The molecule has 0 atom stereocenters. The zero-order chi connectivity index (χ0) is 19.7. The van der Waals surface area contributed by atoms with Crippen LogP contribution in [0.5, 0.6) is 5.75 Å². The summed E-state index contributed by atoms with van der Waals surface area (Å²) in [7, 11) is 1.62. The number of rotatable bonds is 5. The molecular weight excluding hydrogens is 360 g/mol. The molecule has 4 rings (SSSR count). The van der Waals surface area contributed by atoms with Gasteiger partial charge in [0.1, 0.15) is 5.75 Å². The molecule has 0 bridgehead atoms. The summed E-state index contributed by atoms with van der Waals surface area (Å²) in [6, 6.07) is 12.9. The number of fused-ring (bicyclic) bond motifs is 1. The molecule has 0 spiro atoms. The molecule has 2 heterocycles. The minimum Gasteiger partial charge on any atom is -0.497 e. The van der Waals surface area contributed by atoms with Gasteiger partial charge in [-0.25, -0.2) is 0 Å². The number of hydrogen-bond donors (Lipinski definition) is 1. The van der Waals surface area contributed by atoms with Crippen LogP contribution in [0.15, 0.2) is 56.6 Å². The van der Waals surface area contributed by atoms with Crippen LogP contribution in [-0.4, -0.2) is 26.8 Å². The van der Waals surface area contributed by atoms with Crippen LogP contribution in [-0.2, 0) is 13.0 Å². The first-order chi connectivity index (χ1) is 13.6. The van der Waals surface area contributed by atoms with E-state index in [2.05, 4.69) is 15.1 Å². The van der Waals surface area contributed by atoms with E-state index >= 15 is 0 Å². The van der Waals surface area contributed by atoms with Crippen molar-refractivity contribution in [1.29, 1.82) is 0 Å². The second-order valence-corrected chi connectivity index (χ2v) is 6.28. The van der Waals surface area contributed by atoms with Gasteiger partial charge in [0.05, 0.1) is 24.6 Å². The molecule has 28 heavy (non-hydrogen) atoms. The highest BCUT2D eigenvalue weighted by Crippen LogP contribution is 2.22. The van der Waals surface area contributed by atoms with Gasteiger partial charge >= 0.3 is 11.1 Å². The molecule has 0 fully saturated rings. The van der Waals surface area contributed by atoms with E-state index in [1.54, 1.807) is 25.3 Å². The smallest absolute Gasteiger partial charge is 0.316 e. The lowest BCUT2D eigenvalue weighted by Gasteiger charge is -2.07. The molecule has 0 radical (unpaired) electrons. The molecule has 0 saturated heterocycles. The first-order valence-electron chi connectivity index (χ1n) is 8.82. The SMILES string of the molecule is CCn1c(=O)c(=O)[nH]c2cc(-c3noc(Cc4cccc(OC)c4)n3)ccc21. The van der Waals surface area contributed by atoms with E-state index in [0.717, 1.165) is 11.3 Å².